The van der Waals surface area contributed by atoms with Crippen molar-refractivity contribution in [3.8, 4) is 0 Å². The number of amides is 1. The Morgan fingerprint density at radius 2 is 1.88 bits per heavy atom. The van der Waals surface area contributed by atoms with E-state index in [4.69, 9.17) is 4.74 Å². The smallest absolute Gasteiger partial charge is 0.360 e. The molecule has 10 heteroatoms. The number of carbonyl (C=O) groups is 2. The monoisotopic (exact) mass is 497 g/mol. The van der Waals surface area contributed by atoms with E-state index in [-0.39, 0.29) is 23.7 Å². The number of ether oxygens (including phenoxy) is 1. The maximum Gasteiger partial charge on any atom is 0.360 e. The van der Waals surface area contributed by atoms with Gasteiger partial charge >= 0.3 is 5.97 Å². The van der Waals surface area contributed by atoms with Crippen molar-refractivity contribution in [3.63, 3.8) is 0 Å². The first-order valence-electron chi connectivity index (χ1n) is 10.8. The molecule has 2 atom stereocenters. The van der Waals surface area contributed by atoms with Gasteiger partial charge < -0.3 is 10.1 Å². The highest BCUT2D eigenvalue weighted by Gasteiger charge is 2.38. The topological polar surface area (TPSA) is 89.4 Å². The van der Waals surface area contributed by atoms with Gasteiger partial charge in [-0.15, -0.1) is 28.6 Å². The van der Waals surface area contributed by atoms with Crippen molar-refractivity contribution >= 4 is 41.1 Å². The van der Waals surface area contributed by atoms with Crippen LogP contribution in [0.1, 0.15) is 28.5 Å². The van der Waals surface area contributed by atoms with E-state index in [1.54, 1.807) is 34.4 Å². The molecule has 4 rings (SSSR count). The van der Waals surface area contributed by atoms with E-state index in [0.717, 1.165) is 16.1 Å². The molecule has 0 radical (unpaired) electrons. The zero-order valence-corrected chi connectivity index (χ0v) is 20.9. The molecule has 0 bridgehead atoms. The average molecular weight is 498 g/mol. The van der Waals surface area contributed by atoms with Crippen LogP contribution in [0.2, 0.25) is 0 Å². The van der Waals surface area contributed by atoms with Crippen LogP contribution < -0.4 is 5.32 Å². The first kappa shape index (κ1) is 24.3. The number of nitrogens with one attached hydrogen (secondary N) is 1. The van der Waals surface area contributed by atoms with Gasteiger partial charge in [-0.1, -0.05) is 23.4 Å². The number of benzene rings is 2. The highest BCUT2D eigenvalue weighted by molar-refractivity contribution is 7.98. The van der Waals surface area contributed by atoms with E-state index in [0.29, 0.717) is 19.5 Å². The van der Waals surface area contributed by atoms with Crippen molar-refractivity contribution in [1.29, 1.82) is 0 Å². The second-order valence-corrected chi connectivity index (χ2v) is 9.74. The van der Waals surface area contributed by atoms with E-state index in [1.807, 2.05) is 36.8 Å². The summed E-state index contributed by atoms with van der Waals surface area (Å²) in [5.74, 6) is -0.590. The van der Waals surface area contributed by atoms with E-state index in [9.17, 15) is 9.59 Å². The van der Waals surface area contributed by atoms with Crippen LogP contribution in [0.5, 0.6) is 0 Å². The lowest BCUT2D eigenvalue weighted by molar-refractivity contribution is -0.120. The van der Waals surface area contributed by atoms with Crippen molar-refractivity contribution in [3.05, 3.63) is 66.0 Å². The number of thioether (sulfide) groups is 2. The predicted octanol–water partition coefficient (Wildman–Crippen LogP) is 3.96. The lowest BCUT2D eigenvalue weighted by Gasteiger charge is -2.23. The van der Waals surface area contributed by atoms with E-state index >= 15 is 0 Å². The zero-order chi connectivity index (χ0) is 24.1. The summed E-state index contributed by atoms with van der Waals surface area (Å²) >= 11 is 3.33. The first-order valence-corrected chi connectivity index (χ1v) is 13.3. The fourth-order valence-corrected chi connectivity index (χ4v) is 4.93. The molecule has 8 nitrogen and oxygen atoms in total. The molecule has 34 heavy (non-hydrogen) atoms. The van der Waals surface area contributed by atoms with Gasteiger partial charge in [0.25, 0.3) is 0 Å². The fourth-order valence-electron chi connectivity index (χ4n) is 4.06. The summed E-state index contributed by atoms with van der Waals surface area (Å²) in [6.45, 7) is 1.24. The SMILES string of the molecule is COC(=O)c1cn([C@@H]2C[C@@H](C(=O)Nc3cccc(SC)c3)N(Cc3ccc(SC)cc3)C2)nn1. The van der Waals surface area contributed by atoms with Gasteiger partial charge in [-0.3, -0.25) is 9.69 Å². The number of hydrogen-bond donors (Lipinski definition) is 1. The van der Waals surface area contributed by atoms with Crippen LogP contribution in [0.3, 0.4) is 0 Å². The molecule has 1 aromatic heterocycles. The maximum atomic E-state index is 13.4. The van der Waals surface area contributed by atoms with Crippen LogP contribution >= 0.6 is 23.5 Å². The van der Waals surface area contributed by atoms with Crippen LogP contribution in [0.15, 0.2) is 64.5 Å². The molecular weight excluding hydrogens is 470 g/mol. The molecule has 2 aromatic carbocycles. The van der Waals surface area contributed by atoms with Crippen LogP contribution in [0.25, 0.3) is 0 Å². The normalized spacial score (nSPS) is 18.1. The predicted molar refractivity (Wildman–Crippen MR) is 134 cm³/mol. The molecule has 3 aromatic rings. The molecule has 178 valence electrons. The summed E-state index contributed by atoms with van der Waals surface area (Å²) in [6, 6.07) is 15.8. The number of rotatable bonds is 8. The van der Waals surface area contributed by atoms with Gasteiger partial charge in [0.1, 0.15) is 0 Å². The molecule has 0 saturated carbocycles. The molecule has 1 aliphatic heterocycles. The zero-order valence-electron chi connectivity index (χ0n) is 19.3. The molecular formula is C24H27N5O3S2. The van der Waals surface area contributed by atoms with Gasteiger partial charge in [0.05, 0.1) is 25.4 Å². The Kier molecular flexibility index (Phi) is 7.91. The van der Waals surface area contributed by atoms with Crippen LogP contribution in [-0.4, -0.2) is 64.0 Å². The van der Waals surface area contributed by atoms with Gasteiger partial charge in [-0.2, -0.15) is 0 Å². The number of likely N-dealkylation sites (tertiary alicyclic amines) is 1. The van der Waals surface area contributed by atoms with Gasteiger partial charge in [0.15, 0.2) is 5.69 Å². The number of aromatic nitrogens is 3. The minimum atomic E-state index is -0.530. The Bertz CT molecular complexity index is 1150. The molecule has 1 saturated heterocycles. The maximum absolute atomic E-state index is 13.4. The minimum absolute atomic E-state index is 0.0604. The first-order chi connectivity index (χ1) is 16.5. The Labute approximate surface area is 207 Å². The summed E-state index contributed by atoms with van der Waals surface area (Å²) in [5, 5.41) is 11.1. The molecule has 1 fully saturated rings. The standard InChI is InChI=1S/C24H27N5O3S2/c1-32-24(31)21-15-29(27-26-21)18-12-22(23(30)25-17-5-4-6-20(11-17)34-3)28(14-18)13-16-7-9-19(33-2)10-8-16/h4-11,15,18,22H,12-14H2,1-3H3,(H,25,30)/t18-,22+/m1/s1. The highest BCUT2D eigenvalue weighted by atomic mass is 32.2. The van der Waals surface area contributed by atoms with Gasteiger partial charge in [0.2, 0.25) is 5.91 Å². The van der Waals surface area contributed by atoms with Crippen LogP contribution in [0, 0.1) is 0 Å². The van der Waals surface area contributed by atoms with E-state index in [1.165, 1.54) is 12.0 Å². The van der Waals surface area contributed by atoms with Crippen molar-refractivity contribution in [2.75, 3.05) is 31.5 Å². The Morgan fingerprint density at radius 1 is 1.12 bits per heavy atom. The second kappa shape index (κ2) is 11.1. The van der Waals surface area contributed by atoms with Crippen molar-refractivity contribution < 1.29 is 14.3 Å². The molecule has 2 heterocycles. The third-order valence-electron chi connectivity index (χ3n) is 5.84. The van der Waals surface area contributed by atoms with Gasteiger partial charge in [-0.05, 0) is 54.8 Å². The number of carbonyl (C=O) groups excluding carboxylic acids is 2. The number of anilines is 1. The molecule has 0 spiro atoms. The minimum Gasteiger partial charge on any atom is -0.464 e. The van der Waals surface area contributed by atoms with Crippen molar-refractivity contribution in [2.45, 2.75) is 34.8 Å². The van der Waals surface area contributed by atoms with Crippen molar-refractivity contribution in [2.24, 2.45) is 0 Å². The quantitative estimate of drug-likeness (QED) is 0.370. The van der Waals surface area contributed by atoms with E-state index < -0.39 is 5.97 Å². The number of nitrogens with zero attached hydrogens (tertiary/aromatic N) is 4. The summed E-state index contributed by atoms with van der Waals surface area (Å²) in [4.78, 5) is 29.6. The Balaban J connectivity index is 1.55. The van der Waals surface area contributed by atoms with E-state index in [2.05, 4.69) is 44.8 Å². The third kappa shape index (κ3) is 5.63. The largest absolute Gasteiger partial charge is 0.464 e. The fraction of sp³-hybridized carbons (Fsp3) is 0.333. The summed E-state index contributed by atoms with van der Waals surface area (Å²) in [5.41, 5.74) is 2.07. The molecule has 0 unspecified atom stereocenters. The third-order valence-corrected chi connectivity index (χ3v) is 7.31. The summed E-state index contributed by atoms with van der Waals surface area (Å²) in [7, 11) is 1.31. The highest BCUT2D eigenvalue weighted by Crippen LogP contribution is 2.30. The lowest BCUT2D eigenvalue weighted by atomic mass is 10.1. The van der Waals surface area contributed by atoms with Crippen molar-refractivity contribution in [1.82, 2.24) is 19.9 Å². The second-order valence-electron chi connectivity index (χ2n) is 7.98. The van der Waals surface area contributed by atoms with Gasteiger partial charge in [-0.25, -0.2) is 9.48 Å². The number of esters is 1. The molecule has 1 aliphatic rings. The molecule has 1 N–H and O–H groups in total. The van der Waals surface area contributed by atoms with Crippen LogP contribution in [0.4, 0.5) is 5.69 Å². The number of hydrogen-bond acceptors (Lipinski definition) is 8. The average Bonchev–Trinajstić information content (AvgIpc) is 3.52. The summed E-state index contributed by atoms with van der Waals surface area (Å²) < 4.78 is 6.41. The van der Waals surface area contributed by atoms with Gasteiger partial charge in [0, 0.05) is 28.6 Å². The Hall–Kier alpha value is -2.82. The molecule has 1 amide bonds. The Morgan fingerprint density at radius 3 is 2.59 bits per heavy atom. The summed E-state index contributed by atoms with van der Waals surface area (Å²) in [6.07, 6.45) is 6.20. The number of methoxy groups -OCH3 is 1. The lowest BCUT2D eigenvalue weighted by Crippen LogP contribution is -2.39. The molecule has 0 aliphatic carbocycles. The van der Waals surface area contributed by atoms with Crippen LogP contribution in [-0.2, 0) is 16.1 Å².